The zero-order chi connectivity index (χ0) is 16.6. The van der Waals surface area contributed by atoms with Crippen LogP contribution in [0.15, 0.2) is 18.2 Å². The van der Waals surface area contributed by atoms with Gasteiger partial charge in [0.05, 0.1) is 18.8 Å². The molecule has 1 atom stereocenters. The lowest BCUT2D eigenvalue weighted by molar-refractivity contribution is -0.119. The highest BCUT2D eigenvalue weighted by atomic mass is 16.6. The molecule has 2 heterocycles. The first kappa shape index (κ1) is 15.1. The van der Waals surface area contributed by atoms with Crippen LogP contribution in [0.4, 0.5) is 21.0 Å². The summed E-state index contributed by atoms with van der Waals surface area (Å²) in [5.74, 6) is -0.168. The number of hydrogen-bond acceptors (Lipinski definition) is 5. The molecular formula is C15H17N3O5. The number of ether oxygens (including phenoxy) is 2. The summed E-state index contributed by atoms with van der Waals surface area (Å²) in [6.07, 6.45) is -1.24. The highest BCUT2D eigenvalue weighted by Gasteiger charge is 2.33. The molecule has 1 unspecified atom stereocenters. The van der Waals surface area contributed by atoms with E-state index in [1.807, 2.05) is 0 Å². The van der Waals surface area contributed by atoms with Gasteiger partial charge in [-0.1, -0.05) is 0 Å². The molecule has 122 valence electrons. The van der Waals surface area contributed by atoms with Gasteiger partial charge in [0, 0.05) is 25.2 Å². The van der Waals surface area contributed by atoms with Crippen LogP contribution in [0, 0.1) is 0 Å². The quantitative estimate of drug-likeness (QED) is 0.905. The van der Waals surface area contributed by atoms with Crippen LogP contribution in [0.5, 0.6) is 0 Å². The Bertz CT molecular complexity index is 675. The van der Waals surface area contributed by atoms with E-state index in [2.05, 4.69) is 5.32 Å². The number of fused-ring (bicyclic) bond motifs is 1. The van der Waals surface area contributed by atoms with Crippen molar-refractivity contribution in [1.82, 2.24) is 5.32 Å². The summed E-state index contributed by atoms with van der Waals surface area (Å²) in [4.78, 5) is 37.4. The maximum Gasteiger partial charge on any atom is 0.414 e. The molecule has 0 aliphatic carbocycles. The van der Waals surface area contributed by atoms with Crippen LogP contribution in [-0.4, -0.2) is 44.3 Å². The van der Waals surface area contributed by atoms with E-state index in [0.717, 1.165) is 11.3 Å². The number of cyclic esters (lactones) is 2. The van der Waals surface area contributed by atoms with Crippen LogP contribution in [0.1, 0.15) is 12.5 Å². The Morgan fingerprint density at radius 2 is 2.13 bits per heavy atom. The molecule has 8 heteroatoms. The lowest BCUT2D eigenvalue weighted by Gasteiger charge is -2.26. The Balaban J connectivity index is 1.76. The lowest BCUT2D eigenvalue weighted by atomic mass is 10.1. The van der Waals surface area contributed by atoms with Crippen molar-refractivity contribution in [2.45, 2.75) is 19.6 Å². The number of nitrogens with one attached hydrogen (secondary N) is 1. The summed E-state index contributed by atoms with van der Waals surface area (Å²) in [6, 6.07) is 5.34. The fourth-order valence-corrected chi connectivity index (χ4v) is 2.61. The average molecular weight is 319 g/mol. The maximum atomic E-state index is 12.0. The van der Waals surface area contributed by atoms with Gasteiger partial charge in [0.25, 0.3) is 0 Å². The molecule has 3 rings (SSSR count). The molecule has 3 amide bonds. The summed E-state index contributed by atoms with van der Waals surface area (Å²) < 4.78 is 10.3. The Kier molecular flexibility index (Phi) is 3.81. The molecule has 23 heavy (non-hydrogen) atoms. The van der Waals surface area contributed by atoms with Crippen LogP contribution < -0.4 is 15.1 Å². The lowest BCUT2D eigenvalue weighted by Crippen LogP contribution is -2.33. The Labute approximate surface area is 132 Å². The molecule has 1 saturated heterocycles. The van der Waals surface area contributed by atoms with Crippen molar-refractivity contribution in [1.29, 1.82) is 0 Å². The standard InChI is InChI=1S/C15H17N3O5/c1-9(19)16-6-12-7-18(15(21)23-12)11-3-4-13-10(5-11)8-22-14(20)17(13)2/h3-5,12H,6-8H2,1-2H3,(H,16,19). The number of carbonyl (C=O) groups excluding carboxylic acids is 3. The third kappa shape index (κ3) is 2.92. The predicted octanol–water partition coefficient (Wildman–Crippen LogP) is 1.23. The van der Waals surface area contributed by atoms with Gasteiger partial charge in [-0.15, -0.1) is 0 Å². The summed E-state index contributed by atoms with van der Waals surface area (Å²) >= 11 is 0. The van der Waals surface area contributed by atoms with Gasteiger partial charge in [-0.25, -0.2) is 9.59 Å². The van der Waals surface area contributed by atoms with Gasteiger partial charge < -0.3 is 14.8 Å². The molecule has 1 fully saturated rings. The van der Waals surface area contributed by atoms with Crippen molar-refractivity contribution < 1.29 is 23.9 Å². The molecular weight excluding hydrogens is 302 g/mol. The fourth-order valence-electron chi connectivity index (χ4n) is 2.61. The summed E-state index contributed by atoms with van der Waals surface area (Å²) in [7, 11) is 1.63. The van der Waals surface area contributed by atoms with Crippen LogP contribution >= 0.6 is 0 Å². The molecule has 1 N–H and O–H groups in total. The van der Waals surface area contributed by atoms with E-state index >= 15 is 0 Å². The summed E-state index contributed by atoms with van der Waals surface area (Å²) in [5.41, 5.74) is 2.25. The first-order valence-electron chi connectivity index (χ1n) is 7.21. The van der Waals surface area contributed by atoms with Crippen molar-refractivity contribution in [3.8, 4) is 0 Å². The minimum Gasteiger partial charge on any atom is -0.444 e. The summed E-state index contributed by atoms with van der Waals surface area (Å²) in [5, 5.41) is 2.63. The Hall–Kier alpha value is -2.77. The number of amides is 3. The first-order valence-corrected chi connectivity index (χ1v) is 7.21. The highest BCUT2D eigenvalue weighted by molar-refractivity contribution is 5.93. The number of benzene rings is 1. The van der Waals surface area contributed by atoms with Crippen LogP contribution in [0.3, 0.4) is 0 Å². The molecule has 2 aliphatic rings. The van der Waals surface area contributed by atoms with Crippen LogP contribution in [0.2, 0.25) is 0 Å². The molecule has 0 bridgehead atoms. The van der Waals surface area contributed by atoms with Crippen LogP contribution in [0.25, 0.3) is 0 Å². The number of rotatable bonds is 3. The number of nitrogens with zero attached hydrogens (tertiary/aromatic N) is 2. The van der Waals surface area contributed by atoms with Crippen molar-refractivity contribution >= 4 is 29.5 Å². The van der Waals surface area contributed by atoms with Gasteiger partial charge in [0.1, 0.15) is 12.7 Å². The SMILES string of the molecule is CC(=O)NCC1CN(c2ccc3c(c2)COC(=O)N3C)C(=O)O1. The fraction of sp³-hybridized carbons (Fsp3) is 0.400. The van der Waals surface area contributed by atoms with Crippen molar-refractivity contribution in [2.24, 2.45) is 0 Å². The van der Waals surface area contributed by atoms with Gasteiger partial charge in [-0.2, -0.15) is 0 Å². The average Bonchev–Trinajstić information content (AvgIpc) is 2.90. The van der Waals surface area contributed by atoms with E-state index in [1.165, 1.54) is 16.7 Å². The molecule has 0 spiro atoms. The van der Waals surface area contributed by atoms with Gasteiger partial charge in [-0.3, -0.25) is 14.6 Å². The molecule has 1 aromatic rings. The molecule has 2 aliphatic heterocycles. The minimum atomic E-state index is -0.457. The summed E-state index contributed by atoms with van der Waals surface area (Å²) in [6.45, 7) is 2.22. The third-order valence-electron chi connectivity index (χ3n) is 3.81. The molecule has 8 nitrogen and oxygen atoms in total. The zero-order valence-corrected chi connectivity index (χ0v) is 12.9. The topological polar surface area (TPSA) is 88.2 Å². The van der Waals surface area contributed by atoms with Crippen LogP contribution in [-0.2, 0) is 20.9 Å². The van der Waals surface area contributed by atoms with Crippen molar-refractivity contribution in [3.63, 3.8) is 0 Å². The van der Waals surface area contributed by atoms with E-state index in [9.17, 15) is 14.4 Å². The second-order valence-corrected chi connectivity index (χ2v) is 5.48. The van der Waals surface area contributed by atoms with E-state index in [4.69, 9.17) is 9.47 Å². The highest BCUT2D eigenvalue weighted by Crippen LogP contribution is 2.31. The second-order valence-electron chi connectivity index (χ2n) is 5.48. The maximum absolute atomic E-state index is 12.0. The second kappa shape index (κ2) is 5.79. The van der Waals surface area contributed by atoms with E-state index in [1.54, 1.807) is 25.2 Å². The van der Waals surface area contributed by atoms with E-state index in [0.29, 0.717) is 12.2 Å². The number of carbonyl (C=O) groups is 3. The number of anilines is 2. The van der Waals surface area contributed by atoms with E-state index < -0.39 is 12.2 Å². The van der Waals surface area contributed by atoms with E-state index in [-0.39, 0.29) is 25.2 Å². The van der Waals surface area contributed by atoms with Gasteiger partial charge in [0.2, 0.25) is 5.91 Å². The third-order valence-corrected chi connectivity index (χ3v) is 3.81. The van der Waals surface area contributed by atoms with Gasteiger partial charge in [-0.05, 0) is 18.2 Å². The Morgan fingerprint density at radius 1 is 1.35 bits per heavy atom. The molecule has 0 saturated carbocycles. The van der Waals surface area contributed by atoms with Crippen molar-refractivity contribution in [3.05, 3.63) is 23.8 Å². The normalized spacial score (nSPS) is 20.0. The monoisotopic (exact) mass is 319 g/mol. The minimum absolute atomic E-state index is 0.168. The van der Waals surface area contributed by atoms with Gasteiger partial charge in [0.15, 0.2) is 0 Å². The predicted molar refractivity (Wildman–Crippen MR) is 81.3 cm³/mol. The zero-order valence-electron chi connectivity index (χ0n) is 12.9. The Morgan fingerprint density at radius 3 is 2.87 bits per heavy atom. The largest absolute Gasteiger partial charge is 0.444 e. The smallest absolute Gasteiger partial charge is 0.414 e. The molecule has 0 aromatic heterocycles. The number of hydrogen-bond donors (Lipinski definition) is 1. The van der Waals surface area contributed by atoms with Gasteiger partial charge >= 0.3 is 12.2 Å². The van der Waals surface area contributed by atoms with Crippen molar-refractivity contribution in [2.75, 3.05) is 29.9 Å². The first-order chi connectivity index (χ1) is 11.0. The molecule has 0 radical (unpaired) electrons. The molecule has 1 aromatic carbocycles.